The highest BCUT2D eigenvalue weighted by Crippen LogP contribution is 2.27. The van der Waals surface area contributed by atoms with Crippen molar-refractivity contribution in [3.63, 3.8) is 0 Å². The Morgan fingerprint density at radius 2 is 1.85 bits per heavy atom. The van der Waals surface area contributed by atoms with Crippen LogP contribution in [0.2, 0.25) is 5.02 Å². The van der Waals surface area contributed by atoms with E-state index in [0.29, 0.717) is 28.8 Å². The number of ether oxygens (including phenoxy) is 2. The smallest absolute Gasteiger partial charge is 0.242 e. The summed E-state index contributed by atoms with van der Waals surface area (Å²) in [7, 11) is -2.38. The van der Waals surface area contributed by atoms with Crippen LogP contribution < -0.4 is 19.5 Å². The van der Waals surface area contributed by atoms with Crippen LogP contribution in [0.5, 0.6) is 11.5 Å². The van der Waals surface area contributed by atoms with Crippen molar-refractivity contribution in [1.82, 2.24) is 4.72 Å². The van der Waals surface area contributed by atoms with E-state index in [0.717, 1.165) is 0 Å². The van der Waals surface area contributed by atoms with Crippen molar-refractivity contribution in [3.05, 3.63) is 47.5 Å². The molecule has 0 spiro atoms. The van der Waals surface area contributed by atoms with Crippen LogP contribution in [0.1, 0.15) is 13.8 Å². The van der Waals surface area contributed by atoms with Crippen molar-refractivity contribution in [1.29, 1.82) is 0 Å². The van der Waals surface area contributed by atoms with Crippen molar-refractivity contribution in [2.75, 3.05) is 19.0 Å². The number of sulfonamides is 1. The molecule has 0 saturated heterocycles. The third-order valence-electron chi connectivity index (χ3n) is 3.59. The maximum atomic E-state index is 12.4. The number of nitrogens with one attached hydrogen (secondary N) is 2. The first-order chi connectivity index (χ1) is 12.8. The topological polar surface area (TPSA) is 93.7 Å². The third kappa shape index (κ3) is 5.59. The Balaban J connectivity index is 2.04. The Labute approximate surface area is 163 Å². The van der Waals surface area contributed by atoms with Crippen LogP contribution in [0.3, 0.4) is 0 Å². The van der Waals surface area contributed by atoms with Gasteiger partial charge in [-0.25, -0.2) is 8.42 Å². The number of rotatable bonds is 8. The SMILES string of the molecule is CCOc1ccc(S(=O)(=O)N[C@H](C)C(=O)Nc2ccc(OC)c(Cl)c2)cc1. The maximum Gasteiger partial charge on any atom is 0.242 e. The standard InChI is InChI=1S/C18H21ClN2O5S/c1-4-26-14-6-8-15(9-7-14)27(23,24)21-12(2)18(22)20-13-5-10-17(25-3)16(19)11-13/h5-12,21H,4H2,1-3H3,(H,20,22)/t12-/m1/s1. The molecule has 0 aliphatic heterocycles. The Kier molecular flexibility index (Phi) is 7.06. The summed E-state index contributed by atoms with van der Waals surface area (Å²) in [5.74, 6) is 0.517. The largest absolute Gasteiger partial charge is 0.495 e. The molecular formula is C18H21ClN2O5S. The third-order valence-corrected chi connectivity index (χ3v) is 5.44. The average molecular weight is 413 g/mol. The molecule has 0 radical (unpaired) electrons. The zero-order valence-electron chi connectivity index (χ0n) is 15.2. The minimum atomic E-state index is -3.86. The molecule has 9 heteroatoms. The van der Waals surface area contributed by atoms with Gasteiger partial charge in [-0.15, -0.1) is 0 Å². The van der Waals surface area contributed by atoms with E-state index in [2.05, 4.69) is 10.0 Å². The number of hydrogen-bond donors (Lipinski definition) is 2. The molecule has 1 atom stereocenters. The van der Waals surface area contributed by atoms with Crippen LogP contribution in [-0.2, 0) is 14.8 Å². The molecule has 0 heterocycles. The van der Waals surface area contributed by atoms with Gasteiger partial charge < -0.3 is 14.8 Å². The number of halogens is 1. The second kappa shape index (κ2) is 9.07. The van der Waals surface area contributed by atoms with Gasteiger partial charge in [0.15, 0.2) is 0 Å². The summed E-state index contributed by atoms with van der Waals surface area (Å²) in [6.45, 7) is 3.77. The minimum Gasteiger partial charge on any atom is -0.495 e. The Morgan fingerprint density at radius 3 is 2.41 bits per heavy atom. The molecule has 2 aromatic carbocycles. The normalized spacial score (nSPS) is 12.3. The van der Waals surface area contributed by atoms with E-state index < -0.39 is 22.0 Å². The first kappa shape index (κ1) is 21.0. The number of amides is 1. The lowest BCUT2D eigenvalue weighted by atomic mass is 10.2. The van der Waals surface area contributed by atoms with Crippen molar-refractivity contribution in [2.24, 2.45) is 0 Å². The second-order valence-corrected chi connectivity index (χ2v) is 7.71. The van der Waals surface area contributed by atoms with E-state index in [1.54, 1.807) is 24.3 Å². The molecular weight excluding hydrogens is 392 g/mol. The van der Waals surface area contributed by atoms with Crippen LogP contribution in [-0.4, -0.2) is 34.1 Å². The number of methoxy groups -OCH3 is 1. The van der Waals surface area contributed by atoms with Crippen LogP contribution >= 0.6 is 11.6 Å². The van der Waals surface area contributed by atoms with Gasteiger partial charge in [-0.1, -0.05) is 11.6 Å². The van der Waals surface area contributed by atoms with E-state index >= 15 is 0 Å². The van der Waals surface area contributed by atoms with Crippen molar-refractivity contribution in [3.8, 4) is 11.5 Å². The number of benzene rings is 2. The zero-order valence-corrected chi connectivity index (χ0v) is 16.7. The fourth-order valence-corrected chi connectivity index (χ4v) is 3.69. The van der Waals surface area contributed by atoms with Crippen LogP contribution in [0, 0.1) is 0 Å². The lowest BCUT2D eigenvalue weighted by Gasteiger charge is -2.15. The summed E-state index contributed by atoms with van der Waals surface area (Å²) in [4.78, 5) is 12.3. The molecule has 0 aromatic heterocycles. The Morgan fingerprint density at radius 1 is 1.19 bits per heavy atom. The number of hydrogen-bond acceptors (Lipinski definition) is 5. The molecule has 2 aromatic rings. The van der Waals surface area contributed by atoms with E-state index in [1.165, 1.54) is 32.2 Å². The van der Waals surface area contributed by atoms with Gasteiger partial charge in [-0.05, 0) is 56.3 Å². The molecule has 0 fully saturated rings. The fourth-order valence-electron chi connectivity index (χ4n) is 2.23. The lowest BCUT2D eigenvalue weighted by molar-refractivity contribution is -0.117. The molecule has 2 N–H and O–H groups in total. The van der Waals surface area contributed by atoms with Gasteiger partial charge >= 0.3 is 0 Å². The molecule has 2 rings (SSSR count). The minimum absolute atomic E-state index is 0.0399. The van der Waals surface area contributed by atoms with Crippen LogP contribution in [0.25, 0.3) is 0 Å². The number of carbonyl (C=O) groups excluding carboxylic acids is 1. The van der Waals surface area contributed by atoms with Crippen molar-refractivity contribution < 1.29 is 22.7 Å². The molecule has 146 valence electrons. The van der Waals surface area contributed by atoms with E-state index in [1.807, 2.05) is 6.92 Å². The lowest BCUT2D eigenvalue weighted by Crippen LogP contribution is -2.41. The molecule has 1 amide bonds. The summed E-state index contributed by atoms with van der Waals surface area (Å²) >= 11 is 6.02. The first-order valence-electron chi connectivity index (χ1n) is 8.16. The van der Waals surface area contributed by atoms with E-state index in [4.69, 9.17) is 21.1 Å². The molecule has 0 bridgehead atoms. The van der Waals surface area contributed by atoms with E-state index in [-0.39, 0.29) is 4.90 Å². The number of anilines is 1. The van der Waals surface area contributed by atoms with Gasteiger partial charge in [0.2, 0.25) is 15.9 Å². The van der Waals surface area contributed by atoms with Crippen molar-refractivity contribution >= 4 is 33.2 Å². The maximum absolute atomic E-state index is 12.4. The Hall–Kier alpha value is -2.29. The Bertz CT molecular complexity index is 900. The van der Waals surface area contributed by atoms with Crippen LogP contribution in [0.15, 0.2) is 47.4 Å². The monoisotopic (exact) mass is 412 g/mol. The van der Waals surface area contributed by atoms with Gasteiger partial charge in [0.05, 0.1) is 29.7 Å². The van der Waals surface area contributed by atoms with Gasteiger partial charge in [0.25, 0.3) is 0 Å². The van der Waals surface area contributed by atoms with Crippen molar-refractivity contribution in [2.45, 2.75) is 24.8 Å². The highest BCUT2D eigenvalue weighted by molar-refractivity contribution is 7.89. The van der Waals surface area contributed by atoms with E-state index in [9.17, 15) is 13.2 Å². The molecule has 0 aliphatic carbocycles. The molecule has 27 heavy (non-hydrogen) atoms. The first-order valence-corrected chi connectivity index (χ1v) is 10.0. The predicted molar refractivity (Wildman–Crippen MR) is 104 cm³/mol. The van der Waals surface area contributed by atoms with Gasteiger partial charge in [0, 0.05) is 5.69 Å². The summed E-state index contributed by atoms with van der Waals surface area (Å²) in [5, 5.41) is 2.94. The zero-order chi connectivity index (χ0) is 20.0. The fraction of sp³-hybridized carbons (Fsp3) is 0.278. The quantitative estimate of drug-likeness (QED) is 0.695. The highest BCUT2D eigenvalue weighted by atomic mass is 35.5. The highest BCUT2D eigenvalue weighted by Gasteiger charge is 2.22. The summed E-state index contributed by atoms with van der Waals surface area (Å²) in [6.07, 6.45) is 0. The molecule has 0 aliphatic rings. The summed E-state index contributed by atoms with van der Waals surface area (Å²) in [6, 6.07) is 9.68. The summed E-state index contributed by atoms with van der Waals surface area (Å²) < 4.78 is 37.5. The number of carbonyl (C=O) groups is 1. The molecule has 7 nitrogen and oxygen atoms in total. The van der Waals surface area contributed by atoms with Gasteiger partial charge in [-0.2, -0.15) is 4.72 Å². The van der Waals surface area contributed by atoms with Gasteiger partial charge in [0.1, 0.15) is 11.5 Å². The van der Waals surface area contributed by atoms with Gasteiger partial charge in [-0.3, -0.25) is 4.79 Å². The predicted octanol–water partition coefficient (Wildman–Crippen LogP) is 3.05. The molecule has 0 saturated carbocycles. The van der Waals surface area contributed by atoms with Crippen LogP contribution in [0.4, 0.5) is 5.69 Å². The average Bonchev–Trinajstić information content (AvgIpc) is 2.62. The summed E-state index contributed by atoms with van der Waals surface area (Å²) in [5.41, 5.74) is 0.429. The molecule has 0 unspecified atom stereocenters. The second-order valence-electron chi connectivity index (χ2n) is 5.59.